The van der Waals surface area contributed by atoms with Crippen molar-refractivity contribution in [2.24, 2.45) is 0 Å². The zero-order chi connectivity index (χ0) is 12.4. The minimum atomic E-state index is 0.533. The zero-order valence-electron chi connectivity index (χ0n) is 10.5. The number of benzene rings is 2. The van der Waals surface area contributed by atoms with Crippen LogP contribution in [0.3, 0.4) is 0 Å². The Balaban J connectivity index is 2.05. The molecule has 1 N–H and O–H groups in total. The van der Waals surface area contributed by atoms with Gasteiger partial charge in [0.05, 0.1) is 0 Å². The van der Waals surface area contributed by atoms with E-state index in [1.54, 1.807) is 0 Å². The van der Waals surface area contributed by atoms with E-state index >= 15 is 0 Å². The summed E-state index contributed by atoms with van der Waals surface area (Å²) in [6.45, 7) is 1.05. The molecule has 2 aromatic carbocycles. The summed E-state index contributed by atoms with van der Waals surface area (Å²) in [5.74, 6) is 0.533. The largest absolute Gasteiger partial charge is 0.320 e. The molecule has 1 aliphatic rings. The lowest BCUT2D eigenvalue weighted by Crippen LogP contribution is -2.15. The van der Waals surface area contributed by atoms with Gasteiger partial charge in [-0.2, -0.15) is 0 Å². The molecule has 0 unspecified atom stereocenters. The lowest BCUT2D eigenvalue weighted by Gasteiger charge is -2.27. The topological polar surface area (TPSA) is 12.0 Å². The van der Waals surface area contributed by atoms with Gasteiger partial charge >= 0.3 is 0 Å². The average molecular weight is 255 g/mol. The maximum atomic E-state index is 3.27. The van der Waals surface area contributed by atoms with Gasteiger partial charge in [0.2, 0.25) is 0 Å². The summed E-state index contributed by atoms with van der Waals surface area (Å²) in [5.41, 5.74) is 2.97. The maximum Gasteiger partial charge on any atom is 0.0160 e. The third-order valence-electron chi connectivity index (χ3n) is 3.49. The van der Waals surface area contributed by atoms with E-state index in [2.05, 4.69) is 53.8 Å². The quantitative estimate of drug-likeness (QED) is 0.893. The molecule has 0 atom stereocenters. The van der Waals surface area contributed by atoms with Crippen LogP contribution in [-0.2, 0) is 0 Å². The highest BCUT2D eigenvalue weighted by Crippen LogP contribution is 2.46. The van der Waals surface area contributed by atoms with Crippen LogP contribution >= 0.6 is 11.8 Å². The Labute approximate surface area is 113 Å². The van der Waals surface area contributed by atoms with Crippen LogP contribution in [-0.4, -0.2) is 13.6 Å². The summed E-state index contributed by atoms with van der Waals surface area (Å²) in [6, 6.07) is 17.6. The first kappa shape index (κ1) is 11.8. The summed E-state index contributed by atoms with van der Waals surface area (Å²) in [7, 11) is 2.02. The second kappa shape index (κ2) is 5.17. The molecule has 1 heterocycles. The highest BCUT2D eigenvalue weighted by atomic mass is 32.2. The van der Waals surface area contributed by atoms with E-state index in [-0.39, 0.29) is 0 Å². The molecule has 0 aromatic heterocycles. The van der Waals surface area contributed by atoms with Gasteiger partial charge in [-0.1, -0.05) is 48.2 Å². The van der Waals surface area contributed by atoms with E-state index in [4.69, 9.17) is 0 Å². The maximum absolute atomic E-state index is 3.27. The Morgan fingerprint density at radius 1 is 0.944 bits per heavy atom. The van der Waals surface area contributed by atoms with Gasteiger partial charge in [0.1, 0.15) is 0 Å². The van der Waals surface area contributed by atoms with Crippen molar-refractivity contribution in [3.8, 4) is 0 Å². The van der Waals surface area contributed by atoms with Crippen molar-refractivity contribution < 1.29 is 0 Å². The van der Waals surface area contributed by atoms with E-state index in [9.17, 15) is 0 Å². The Morgan fingerprint density at radius 3 is 2.06 bits per heavy atom. The number of nitrogens with one attached hydrogen (secondary N) is 1. The fourth-order valence-electron chi connectivity index (χ4n) is 2.61. The van der Waals surface area contributed by atoms with Crippen molar-refractivity contribution in [2.45, 2.75) is 22.1 Å². The lowest BCUT2D eigenvalue weighted by atomic mass is 9.88. The summed E-state index contributed by atoms with van der Waals surface area (Å²) < 4.78 is 0. The van der Waals surface area contributed by atoms with Gasteiger partial charge < -0.3 is 5.32 Å². The van der Waals surface area contributed by atoms with E-state index in [1.165, 1.54) is 20.9 Å². The van der Waals surface area contributed by atoms with Crippen LogP contribution in [0.2, 0.25) is 0 Å². The van der Waals surface area contributed by atoms with Gasteiger partial charge in [0.15, 0.2) is 0 Å². The number of hydrogen-bond donors (Lipinski definition) is 1. The van der Waals surface area contributed by atoms with Crippen molar-refractivity contribution >= 4 is 11.8 Å². The Hall–Kier alpha value is -1.25. The van der Waals surface area contributed by atoms with Crippen molar-refractivity contribution in [3.05, 3.63) is 59.7 Å². The molecular weight excluding hydrogens is 238 g/mol. The van der Waals surface area contributed by atoms with Gasteiger partial charge in [0, 0.05) is 15.7 Å². The number of hydrogen-bond acceptors (Lipinski definition) is 2. The Morgan fingerprint density at radius 2 is 1.50 bits per heavy atom. The van der Waals surface area contributed by atoms with Gasteiger partial charge in [-0.3, -0.25) is 0 Å². The predicted octanol–water partition coefficient (Wildman–Crippen LogP) is 3.89. The van der Waals surface area contributed by atoms with E-state index < -0.39 is 0 Å². The highest BCUT2D eigenvalue weighted by molar-refractivity contribution is 7.99. The Bertz CT molecular complexity index is 505. The molecule has 0 aliphatic carbocycles. The predicted molar refractivity (Wildman–Crippen MR) is 77.4 cm³/mol. The van der Waals surface area contributed by atoms with Crippen molar-refractivity contribution in [2.75, 3.05) is 13.6 Å². The van der Waals surface area contributed by atoms with E-state index in [0.29, 0.717) is 5.92 Å². The van der Waals surface area contributed by atoms with Crippen molar-refractivity contribution in [1.29, 1.82) is 0 Å². The molecule has 0 saturated heterocycles. The van der Waals surface area contributed by atoms with Crippen LogP contribution in [0.4, 0.5) is 0 Å². The average Bonchev–Trinajstić information content (AvgIpc) is 2.43. The molecule has 0 radical (unpaired) electrons. The van der Waals surface area contributed by atoms with Gasteiger partial charge in [-0.05, 0) is 43.3 Å². The van der Waals surface area contributed by atoms with Crippen LogP contribution in [0.15, 0.2) is 58.3 Å². The van der Waals surface area contributed by atoms with Crippen LogP contribution in [0.5, 0.6) is 0 Å². The minimum Gasteiger partial charge on any atom is -0.320 e. The highest BCUT2D eigenvalue weighted by Gasteiger charge is 2.24. The molecule has 0 amide bonds. The zero-order valence-corrected chi connectivity index (χ0v) is 11.3. The first-order chi connectivity index (χ1) is 8.90. The fourth-order valence-corrected chi connectivity index (χ4v) is 3.79. The Kier molecular flexibility index (Phi) is 3.39. The molecule has 18 heavy (non-hydrogen) atoms. The molecule has 92 valence electrons. The summed E-state index contributed by atoms with van der Waals surface area (Å²) in [4.78, 5) is 2.83. The van der Waals surface area contributed by atoms with Gasteiger partial charge in [0.25, 0.3) is 0 Å². The molecule has 0 spiro atoms. The molecule has 3 rings (SSSR count). The molecule has 2 heteroatoms. The third-order valence-corrected chi connectivity index (χ3v) is 4.68. The van der Waals surface area contributed by atoms with E-state index in [0.717, 1.165) is 13.0 Å². The summed E-state index contributed by atoms with van der Waals surface area (Å²) in [6.07, 6.45) is 1.16. The summed E-state index contributed by atoms with van der Waals surface area (Å²) in [5, 5.41) is 3.27. The standard InChI is InChI=1S/C16H17NS/c1-17-11-10-12-13-6-2-4-8-15(13)18-16-9-5-3-7-14(12)16/h2-9,12,17H,10-11H2,1H3. The smallest absolute Gasteiger partial charge is 0.0160 e. The van der Waals surface area contributed by atoms with Gasteiger partial charge in [-0.25, -0.2) is 0 Å². The number of fused-ring (bicyclic) bond motifs is 2. The normalized spacial score (nSPS) is 14.1. The first-order valence-electron chi connectivity index (χ1n) is 6.40. The summed E-state index contributed by atoms with van der Waals surface area (Å²) >= 11 is 1.90. The molecule has 2 aromatic rings. The monoisotopic (exact) mass is 255 g/mol. The lowest BCUT2D eigenvalue weighted by molar-refractivity contribution is 0.644. The SMILES string of the molecule is CNCCC1c2ccccc2Sc2ccccc21. The molecule has 1 aliphatic heterocycles. The molecule has 1 nitrogen and oxygen atoms in total. The molecule has 0 fully saturated rings. The molecular formula is C16H17NS. The van der Waals surface area contributed by atoms with Crippen molar-refractivity contribution in [1.82, 2.24) is 5.32 Å². The second-order valence-corrected chi connectivity index (χ2v) is 5.71. The van der Waals surface area contributed by atoms with Crippen LogP contribution in [0.25, 0.3) is 0 Å². The number of rotatable bonds is 3. The third kappa shape index (κ3) is 2.06. The van der Waals surface area contributed by atoms with Crippen LogP contribution in [0.1, 0.15) is 23.5 Å². The first-order valence-corrected chi connectivity index (χ1v) is 7.22. The second-order valence-electron chi connectivity index (χ2n) is 4.62. The molecule has 0 saturated carbocycles. The van der Waals surface area contributed by atoms with Crippen LogP contribution < -0.4 is 5.32 Å². The van der Waals surface area contributed by atoms with Gasteiger partial charge in [-0.15, -0.1) is 0 Å². The minimum absolute atomic E-state index is 0.533. The molecule has 0 bridgehead atoms. The van der Waals surface area contributed by atoms with Crippen LogP contribution in [0, 0.1) is 0 Å². The fraction of sp³-hybridized carbons (Fsp3) is 0.250. The van der Waals surface area contributed by atoms with E-state index in [1.807, 2.05) is 18.8 Å². The van der Waals surface area contributed by atoms with Crippen molar-refractivity contribution in [3.63, 3.8) is 0 Å².